The van der Waals surface area contributed by atoms with Crippen LogP contribution in [0.5, 0.6) is 0 Å². The summed E-state index contributed by atoms with van der Waals surface area (Å²) in [5.74, 6) is 0.192. The number of aryl methyl sites for hydroxylation is 1. The average molecular weight is 223 g/mol. The Balaban J connectivity index is 2.02. The van der Waals surface area contributed by atoms with E-state index in [1.807, 2.05) is 11.1 Å². The second kappa shape index (κ2) is 4.65. The van der Waals surface area contributed by atoms with Gasteiger partial charge in [-0.3, -0.25) is 9.69 Å². The number of carboxylic acid groups (broad SMARTS) is 1. The molecule has 1 fully saturated rings. The molecule has 2 rings (SSSR count). The summed E-state index contributed by atoms with van der Waals surface area (Å²) >= 11 is 0. The van der Waals surface area contributed by atoms with Gasteiger partial charge in [-0.1, -0.05) is 0 Å². The van der Waals surface area contributed by atoms with E-state index < -0.39 is 5.97 Å². The summed E-state index contributed by atoms with van der Waals surface area (Å²) in [4.78, 5) is 17.0. The van der Waals surface area contributed by atoms with Gasteiger partial charge in [-0.05, 0) is 19.8 Å². The third-order valence-corrected chi connectivity index (χ3v) is 2.89. The monoisotopic (exact) mass is 223 g/mol. The Morgan fingerprint density at radius 2 is 2.44 bits per heavy atom. The van der Waals surface area contributed by atoms with Gasteiger partial charge < -0.3 is 9.67 Å². The number of aliphatic carboxylic acids is 1. The van der Waals surface area contributed by atoms with Gasteiger partial charge in [0.25, 0.3) is 0 Å². The smallest absolute Gasteiger partial charge is 0.317 e. The van der Waals surface area contributed by atoms with E-state index in [4.69, 9.17) is 5.11 Å². The maximum Gasteiger partial charge on any atom is 0.317 e. The number of imidazole rings is 1. The van der Waals surface area contributed by atoms with E-state index in [-0.39, 0.29) is 6.54 Å². The van der Waals surface area contributed by atoms with E-state index in [9.17, 15) is 4.79 Å². The molecule has 0 bridgehead atoms. The van der Waals surface area contributed by atoms with Crippen LogP contribution in [0.2, 0.25) is 0 Å². The first kappa shape index (κ1) is 11.1. The van der Waals surface area contributed by atoms with E-state index >= 15 is 0 Å². The third kappa shape index (κ3) is 2.61. The van der Waals surface area contributed by atoms with E-state index in [0.717, 1.165) is 25.2 Å². The Kier molecular flexibility index (Phi) is 3.24. The fraction of sp³-hybridized carbons (Fsp3) is 0.636. The summed E-state index contributed by atoms with van der Waals surface area (Å²) in [6.07, 6.45) is 5.92. The third-order valence-electron chi connectivity index (χ3n) is 2.89. The van der Waals surface area contributed by atoms with Crippen LogP contribution < -0.4 is 0 Å². The molecule has 1 aliphatic rings. The van der Waals surface area contributed by atoms with Gasteiger partial charge in [0.1, 0.15) is 5.82 Å². The first-order valence-electron chi connectivity index (χ1n) is 5.66. The molecule has 1 heterocycles. The van der Waals surface area contributed by atoms with E-state index in [2.05, 4.69) is 16.5 Å². The molecule has 0 saturated heterocycles. The molecule has 16 heavy (non-hydrogen) atoms. The minimum absolute atomic E-state index is 0.112. The molecule has 5 nitrogen and oxygen atoms in total. The van der Waals surface area contributed by atoms with E-state index in [1.54, 1.807) is 6.20 Å². The van der Waals surface area contributed by atoms with E-state index in [0.29, 0.717) is 12.6 Å². The van der Waals surface area contributed by atoms with Crippen molar-refractivity contribution in [2.75, 3.05) is 6.54 Å². The Morgan fingerprint density at radius 3 is 3.00 bits per heavy atom. The summed E-state index contributed by atoms with van der Waals surface area (Å²) in [7, 11) is 0. The van der Waals surface area contributed by atoms with Gasteiger partial charge in [-0.25, -0.2) is 4.98 Å². The molecule has 0 aliphatic heterocycles. The van der Waals surface area contributed by atoms with Gasteiger partial charge >= 0.3 is 5.97 Å². The van der Waals surface area contributed by atoms with Crippen molar-refractivity contribution >= 4 is 5.97 Å². The summed E-state index contributed by atoms with van der Waals surface area (Å²) in [6, 6.07) is 0.443. The van der Waals surface area contributed by atoms with Crippen LogP contribution in [0.4, 0.5) is 0 Å². The van der Waals surface area contributed by atoms with Crippen LogP contribution in [0.15, 0.2) is 12.4 Å². The van der Waals surface area contributed by atoms with Gasteiger partial charge in [0.05, 0.1) is 13.1 Å². The van der Waals surface area contributed by atoms with Crippen LogP contribution in [-0.2, 0) is 17.9 Å². The zero-order valence-corrected chi connectivity index (χ0v) is 9.46. The molecule has 0 unspecified atom stereocenters. The van der Waals surface area contributed by atoms with Crippen LogP contribution in [-0.4, -0.2) is 38.1 Å². The molecule has 0 atom stereocenters. The number of nitrogens with zero attached hydrogens (tertiary/aromatic N) is 3. The Hall–Kier alpha value is -1.36. The number of carboxylic acids is 1. The molecule has 1 saturated carbocycles. The van der Waals surface area contributed by atoms with Crippen LogP contribution in [0, 0.1) is 0 Å². The molecular formula is C11H17N3O2. The van der Waals surface area contributed by atoms with Crippen molar-refractivity contribution in [2.24, 2.45) is 0 Å². The number of carbonyl (C=O) groups is 1. The molecule has 5 heteroatoms. The lowest BCUT2D eigenvalue weighted by Gasteiger charge is -2.19. The van der Waals surface area contributed by atoms with Crippen LogP contribution in [0.3, 0.4) is 0 Å². The largest absolute Gasteiger partial charge is 0.480 e. The first-order valence-corrected chi connectivity index (χ1v) is 5.66. The van der Waals surface area contributed by atoms with Crippen LogP contribution >= 0.6 is 0 Å². The zero-order valence-electron chi connectivity index (χ0n) is 9.46. The molecule has 0 amide bonds. The highest BCUT2D eigenvalue weighted by Crippen LogP contribution is 2.27. The molecule has 1 aromatic rings. The quantitative estimate of drug-likeness (QED) is 0.780. The van der Waals surface area contributed by atoms with Crippen molar-refractivity contribution < 1.29 is 9.90 Å². The second-order valence-corrected chi connectivity index (χ2v) is 4.16. The molecule has 0 radical (unpaired) electrons. The second-order valence-electron chi connectivity index (χ2n) is 4.16. The fourth-order valence-electron chi connectivity index (χ4n) is 1.89. The maximum absolute atomic E-state index is 10.8. The molecule has 1 N–H and O–H groups in total. The minimum Gasteiger partial charge on any atom is -0.480 e. The van der Waals surface area contributed by atoms with Gasteiger partial charge in [0, 0.05) is 25.0 Å². The molecule has 0 aromatic carbocycles. The molecular weight excluding hydrogens is 206 g/mol. The van der Waals surface area contributed by atoms with Crippen molar-refractivity contribution in [2.45, 2.75) is 38.9 Å². The number of hydrogen-bond donors (Lipinski definition) is 1. The Labute approximate surface area is 94.7 Å². The topological polar surface area (TPSA) is 58.4 Å². The lowest BCUT2D eigenvalue weighted by molar-refractivity contribution is -0.138. The average Bonchev–Trinajstić information content (AvgIpc) is 2.98. The van der Waals surface area contributed by atoms with Crippen LogP contribution in [0.25, 0.3) is 0 Å². The minimum atomic E-state index is -0.762. The van der Waals surface area contributed by atoms with Gasteiger partial charge in [-0.15, -0.1) is 0 Å². The van der Waals surface area contributed by atoms with Crippen molar-refractivity contribution in [3.8, 4) is 0 Å². The predicted molar refractivity (Wildman–Crippen MR) is 59.0 cm³/mol. The number of hydrogen-bond acceptors (Lipinski definition) is 3. The van der Waals surface area contributed by atoms with Crippen LogP contribution in [0.1, 0.15) is 25.6 Å². The van der Waals surface area contributed by atoms with Crippen molar-refractivity contribution in [1.29, 1.82) is 0 Å². The van der Waals surface area contributed by atoms with Gasteiger partial charge in [0.15, 0.2) is 0 Å². The van der Waals surface area contributed by atoms with Gasteiger partial charge in [-0.2, -0.15) is 0 Å². The number of rotatable bonds is 6. The van der Waals surface area contributed by atoms with E-state index in [1.165, 1.54) is 0 Å². The number of aromatic nitrogens is 2. The molecule has 88 valence electrons. The normalized spacial score (nSPS) is 15.6. The summed E-state index contributed by atoms with van der Waals surface area (Å²) in [5, 5.41) is 8.85. The molecule has 0 spiro atoms. The highest BCUT2D eigenvalue weighted by Gasteiger charge is 2.30. The molecule has 1 aliphatic carbocycles. The standard InChI is InChI=1S/C11H17N3O2/c1-2-13-6-5-12-10(13)7-14(8-11(15)16)9-3-4-9/h5-6,9H,2-4,7-8H2,1H3,(H,15,16). The highest BCUT2D eigenvalue weighted by molar-refractivity contribution is 5.69. The summed E-state index contributed by atoms with van der Waals surface area (Å²) in [5.41, 5.74) is 0. The summed E-state index contributed by atoms with van der Waals surface area (Å²) in [6.45, 7) is 3.68. The Bertz CT molecular complexity index is 371. The predicted octanol–water partition coefficient (Wildman–Crippen LogP) is 0.952. The summed E-state index contributed by atoms with van der Waals surface area (Å²) < 4.78 is 2.05. The van der Waals surface area contributed by atoms with Crippen molar-refractivity contribution in [3.63, 3.8) is 0 Å². The SMILES string of the molecule is CCn1ccnc1CN(CC(=O)O)C1CC1. The lowest BCUT2D eigenvalue weighted by atomic mass is 10.4. The fourth-order valence-corrected chi connectivity index (χ4v) is 1.89. The van der Waals surface area contributed by atoms with Crippen molar-refractivity contribution in [1.82, 2.24) is 14.5 Å². The maximum atomic E-state index is 10.8. The first-order chi connectivity index (χ1) is 7.70. The lowest BCUT2D eigenvalue weighted by Crippen LogP contribution is -2.32. The molecule has 1 aromatic heterocycles. The Morgan fingerprint density at radius 1 is 1.69 bits per heavy atom. The van der Waals surface area contributed by atoms with Crippen molar-refractivity contribution in [3.05, 3.63) is 18.2 Å². The van der Waals surface area contributed by atoms with Gasteiger partial charge in [0.2, 0.25) is 0 Å². The highest BCUT2D eigenvalue weighted by atomic mass is 16.4. The zero-order chi connectivity index (χ0) is 11.5.